The summed E-state index contributed by atoms with van der Waals surface area (Å²) in [7, 11) is 2.87. The van der Waals surface area contributed by atoms with Crippen LogP contribution in [0.15, 0.2) is 41.7 Å². The maximum absolute atomic E-state index is 12.9. The minimum absolute atomic E-state index is 0.0837. The van der Waals surface area contributed by atoms with Crippen molar-refractivity contribution in [3.8, 4) is 23.5 Å². The van der Waals surface area contributed by atoms with Crippen LogP contribution in [0, 0.1) is 0 Å². The number of allylic oxidation sites excluding steroid dienone is 2. The fourth-order valence-electron chi connectivity index (χ4n) is 2.70. The molecule has 0 saturated heterocycles. The molecule has 0 spiro atoms. The molecule has 1 aromatic carbocycles. The summed E-state index contributed by atoms with van der Waals surface area (Å²) >= 11 is 0. The van der Waals surface area contributed by atoms with E-state index in [1.165, 1.54) is 26.4 Å². The number of Topliss-reactive ketones (excluding diaryl/α,β-unsaturated/α-hetero) is 2. The minimum atomic E-state index is -0.595. The molecule has 1 aromatic heterocycles. The van der Waals surface area contributed by atoms with E-state index in [1.807, 2.05) is 0 Å². The van der Waals surface area contributed by atoms with Gasteiger partial charge in [0.2, 0.25) is 17.5 Å². The molecule has 0 atom stereocenters. The number of carbonyl (C=O) groups excluding carboxylic acids is 2. The lowest BCUT2D eigenvalue weighted by Gasteiger charge is -2.15. The van der Waals surface area contributed by atoms with Crippen molar-refractivity contribution in [2.75, 3.05) is 14.2 Å². The lowest BCUT2D eigenvalue weighted by molar-refractivity contribution is -0.116. The molecule has 1 N–H and O–H groups in total. The third-order valence-corrected chi connectivity index (χ3v) is 4.02. The second-order valence-corrected chi connectivity index (χ2v) is 5.76. The largest absolute Gasteiger partial charge is 0.511 e. The zero-order valence-electron chi connectivity index (χ0n) is 14.9. The Balaban J connectivity index is 1.98. The molecule has 0 radical (unpaired) electrons. The van der Waals surface area contributed by atoms with E-state index in [4.69, 9.17) is 14.2 Å². The van der Waals surface area contributed by atoms with Gasteiger partial charge in [-0.05, 0) is 18.6 Å². The van der Waals surface area contributed by atoms with Crippen LogP contribution in [0.4, 0.5) is 0 Å². The number of methoxy groups -OCH3 is 2. The number of carbonyl (C=O) groups is 2. The molecule has 0 unspecified atom stereocenters. The number of hydrogen-bond acceptors (Lipinski definition) is 8. The summed E-state index contributed by atoms with van der Waals surface area (Å²) in [6.45, 7) is 0. The first kappa shape index (κ1) is 18.4. The van der Waals surface area contributed by atoms with Gasteiger partial charge in [0.25, 0.3) is 0 Å². The zero-order chi connectivity index (χ0) is 19.4. The van der Waals surface area contributed by atoms with Gasteiger partial charge in [0, 0.05) is 12.8 Å². The number of nitrogens with zero attached hydrogens (tertiary/aromatic N) is 2. The maximum Gasteiger partial charge on any atom is 0.328 e. The van der Waals surface area contributed by atoms with Crippen LogP contribution >= 0.6 is 0 Å². The number of ether oxygens (including phenoxy) is 3. The van der Waals surface area contributed by atoms with Gasteiger partial charge in [-0.15, -0.1) is 0 Å². The quantitative estimate of drug-likeness (QED) is 0.611. The number of benzene rings is 1. The van der Waals surface area contributed by atoms with E-state index >= 15 is 0 Å². The van der Waals surface area contributed by atoms with Gasteiger partial charge in [-0.1, -0.05) is 12.1 Å². The first-order chi connectivity index (χ1) is 13.0. The summed E-state index contributed by atoms with van der Waals surface area (Å²) in [6.07, 6.45) is 1.05. The van der Waals surface area contributed by atoms with Crippen LogP contribution in [0.3, 0.4) is 0 Å². The van der Waals surface area contributed by atoms with E-state index < -0.39 is 5.78 Å². The lowest BCUT2D eigenvalue weighted by Crippen LogP contribution is -2.20. The van der Waals surface area contributed by atoms with E-state index in [1.54, 1.807) is 18.2 Å². The Hall–Kier alpha value is -3.42. The summed E-state index contributed by atoms with van der Waals surface area (Å²) in [6, 6.07) is 7.76. The van der Waals surface area contributed by atoms with Crippen LogP contribution in [0.5, 0.6) is 23.5 Å². The minimum Gasteiger partial charge on any atom is -0.511 e. The van der Waals surface area contributed by atoms with E-state index in [0.29, 0.717) is 12.8 Å². The van der Waals surface area contributed by atoms with Crippen LogP contribution in [-0.4, -0.2) is 40.9 Å². The Labute approximate surface area is 155 Å². The van der Waals surface area contributed by atoms with Gasteiger partial charge in [0.05, 0.1) is 25.8 Å². The number of hydrogen-bond donors (Lipinski definition) is 1. The monoisotopic (exact) mass is 370 g/mol. The summed E-state index contributed by atoms with van der Waals surface area (Å²) < 4.78 is 15.8. The third kappa shape index (κ3) is 3.89. The van der Waals surface area contributed by atoms with Crippen molar-refractivity contribution in [1.29, 1.82) is 0 Å². The zero-order valence-corrected chi connectivity index (χ0v) is 14.9. The molecule has 0 bridgehead atoms. The molecule has 1 heterocycles. The van der Waals surface area contributed by atoms with Crippen molar-refractivity contribution < 1.29 is 28.9 Å². The van der Waals surface area contributed by atoms with Crippen LogP contribution < -0.4 is 14.2 Å². The summed E-state index contributed by atoms with van der Waals surface area (Å²) in [4.78, 5) is 33.1. The summed E-state index contributed by atoms with van der Waals surface area (Å²) in [5, 5.41) is 10.0. The Morgan fingerprint density at radius 2 is 1.74 bits per heavy atom. The molecule has 3 rings (SSSR count). The van der Waals surface area contributed by atoms with Crippen LogP contribution in [0.2, 0.25) is 0 Å². The van der Waals surface area contributed by atoms with E-state index in [9.17, 15) is 14.7 Å². The van der Waals surface area contributed by atoms with Gasteiger partial charge in [0.1, 0.15) is 17.1 Å². The molecule has 0 saturated carbocycles. The van der Waals surface area contributed by atoms with Crippen molar-refractivity contribution in [3.05, 3.63) is 47.2 Å². The predicted octanol–water partition coefficient (Wildman–Crippen LogP) is 3.03. The van der Waals surface area contributed by atoms with Crippen LogP contribution in [0.25, 0.3) is 0 Å². The second-order valence-electron chi connectivity index (χ2n) is 5.76. The van der Waals surface area contributed by atoms with Gasteiger partial charge < -0.3 is 19.3 Å². The van der Waals surface area contributed by atoms with Gasteiger partial charge in [-0.2, -0.15) is 9.97 Å². The molecule has 1 aliphatic rings. The highest BCUT2D eigenvalue weighted by molar-refractivity contribution is 6.27. The SMILES string of the molecule is COc1cc(OC)nc(Oc2ccccc2C(=O)C2=C(O)CCCC2=O)n1. The highest BCUT2D eigenvalue weighted by Gasteiger charge is 2.29. The number of ketones is 2. The molecular weight excluding hydrogens is 352 g/mol. The standard InChI is InChI=1S/C19H18N2O6/c1-25-15-10-16(26-2)21-19(20-15)27-14-9-4-3-6-11(14)18(24)17-12(22)7-5-8-13(17)23/h3-4,6,9-10,22H,5,7-8H2,1-2H3. The maximum atomic E-state index is 12.9. The average molecular weight is 370 g/mol. The van der Waals surface area contributed by atoms with Gasteiger partial charge in [0.15, 0.2) is 5.78 Å². The molecule has 8 heteroatoms. The highest BCUT2D eigenvalue weighted by atomic mass is 16.5. The van der Waals surface area contributed by atoms with E-state index in [-0.39, 0.29) is 52.6 Å². The predicted molar refractivity (Wildman–Crippen MR) is 94.5 cm³/mol. The molecule has 1 aliphatic carbocycles. The van der Waals surface area contributed by atoms with Crippen molar-refractivity contribution in [3.63, 3.8) is 0 Å². The lowest BCUT2D eigenvalue weighted by atomic mass is 9.90. The topological polar surface area (TPSA) is 108 Å². The van der Waals surface area contributed by atoms with Crippen molar-refractivity contribution in [2.45, 2.75) is 19.3 Å². The van der Waals surface area contributed by atoms with E-state index in [2.05, 4.69) is 9.97 Å². The van der Waals surface area contributed by atoms with Gasteiger partial charge >= 0.3 is 6.01 Å². The molecular formula is C19H18N2O6. The Morgan fingerprint density at radius 3 is 2.37 bits per heavy atom. The molecule has 8 nitrogen and oxygen atoms in total. The Bertz CT molecular complexity index is 900. The summed E-state index contributed by atoms with van der Waals surface area (Å²) in [5.74, 6) is -0.561. The number of aromatic nitrogens is 2. The number of aliphatic hydroxyl groups excluding tert-OH is 1. The molecule has 2 aromatic rings. The number of rotatable bonds is 6. The van der Waals surface area contributed by atoms with Gasteiger partial charge in [-0.3, -0.25) is 9.59 Å². The van der Waals surface area contributed by atoms with Crippen molar-refractivity contribution >= 4 is 11.6 Å². The number of para-hydroxylation sites is 1. The van der Waals surface area contributed by atoms with Gasteiger partial charge in [-0.25, -0.2) is 0 Å². The molecule has 0 fully saturated rings. The smallest absolute Gasteiger partial charge is 0.328 e. The van der Waals surface area contributed by atoms with Crippen molar-refractivity contribution in [1.82, 2.24) is 9.97 Å². The Morgan fingerprint density at radius 1 is 1.07 bits per heavy atom. The first-order valence-electron chi connectivity index (χ1n) is 8.27. The van der Waals surface area contributed by atoms with Crippen LogP contribution in [0.1, 0.15) is 29.6 Å². The summed E-state index contributed by atoms with van der Waals surface area (Å²) in [5.41, 5.74) is -0.0684. The molecule has 27 heavy (non-hydrogen) atoms. The second kappa shape index (κ2) is 7.86. The fraction of sp³-hybridized carbons (Fsp3) is 0.263. The first-order valence-corrected chi connectivity index (χ1v) is 8.27. The highest BCUT2D eigenvalue weighted by Crippen LogP contribution is 2.30. The number of aliphatic hydroxyl groups is 1. The van der Waals surface area contributed by atoms with E-state index in [0.717, 1.165) is 0 Å². The van der Waals surface area contributed by atoms with Crippen molar-refractivity contribution in [2.24, 2.45) is 0 Å². The normalized spacial score (nSPS) is 14.1. The average Bonchev–Trinajstić information content (AvgIpc) is 2.67. The molecule has 140 valence electrons. The third-order valence-electron chi connectivity index (χ3n) is 4.02. The molecule has 0 aliphatic heterocycles. The Kier molecular flexibility index (Phi) is 5.35. The van der Waals surface area contributed by atoms with Crippen LogP contribution in [-0.2, 0) is 4.79 Å². The molecule has 0 amide bonds. The fourth-order valence-corrected chi connectivity index (χ4v) is 2.70.